The van der Waals surface area contributed by atoms with Gasteiger partial charge in [0.2, 0.25) is 5.91 Å². The average molecular weight is 433 g/mol. The number of benzene rings is 2. The maximum absolute atomic E-state index is 12.9. The molecular formula is C25H28N4O3. The van der Waals surface area contributed by atoms with Gasteiger partial charge in [0.05, 0.1) is 31.5 Å². The molecule has 0 saturated carbocycles. The van der Waals surface area contributed by atoms with E-state index >= 15 is 0 Å². The molecule has 2 aromatic carbocycles. The van der Waals surface area contributed by atoms with Crippen molar-refractivity contribution in [2.24, 2.45) is 5.92 Å². The van der Waals surface area contributed by atoms with Crippen LogP contribution >= 0.6 is 0 Å². The summed E-state index contributed by atoms with van der Waals surface area (Å²) in [6.07, 6.45) is 3.42. The first-order chi connectivity index (χ1) is 15.5. The van der Waals surface area contributed by atoms with Gasteiger partial charge in [-0.1, -0.05) is 30.3 Å². The third kappa shape index (κ3) is 4.99. The summed E-state index contributed by atoms with van der Waals surface area (Å²) in [7, 11) is 1.62. The number of hydrogen-bond acceptors (Lipinski definition) is 5. The Morgan fingerprint density at radius 1 is 1.19 bits per heavy atom. The topological polar surface area (TPSA) is 76.5 Å². The minimum Gasteiger partial charge on any atom is -0.497 e. The Bertz CT molecular complexity index is 1140. The zero-order valence-electron chi connectivity index (χ0n) is 18.5. The molecule has 1 aromatic heterocycles. The Kier molecular flexibility index (Phi) is 6.54. The molecule has 166 valence electrons. The molecule has 0 unspecified atom stereocenters. The summed E-state index contributed by atoms with van der Waals surface area (Å²) in [5.41, 5.74) is 3.39. The van der Waals surface area contributed by atoms with Gasteiger partial charge in [-0.3, -0.25) is 9.59 Å². The van der Waals surface area contributed by atoms with Crippen LogP contribution in [0.4, 0.5) is 11.4 Å². The van der Waals surface area contributed by atoms with Gasteiger partial charge in [-0.25, -0.2) is 4.68 Å². The van der Waals surface area contributed by atoms with Crippen molar-refractivity contribution in [3.8, 4) is 5.75 Å². The van der Waals surface area contributed by atoms with Gasteiger partial charge in [-0.2, -0.15) is 5.10 Å². The number of nitrogens with one attached hydrogen (secondary N) is 1. The third-order valence-electron chi connectivity index (χ3n) is 5.88. The second-order valence-corrected chi connectivity index (χ2v) is 8.15. The molecule has 1 amide bonds. The molecule has 1 aliphatic rings. The van der Waals surface area contributed by atoms with Crippen molar-refractivity contribution in [1.82, 2.24) is 9.78 Å². The predicted molar refractivity (Wildman–Crippen MR) is 125 cm³/mol. The highest BCUT2D eigenvalue weighted by atomic mass is 16.5. The number of piperidine rings is 1. The van der Waals surface area contributed by atoms with Crippen LogP contribution in [-0.4, -0.2) is 35.9 Å². The van der Waals surface area contributed by atoms with E-state index in [-0.39, 0.29) is 17.4 Å². The molecule has 7 heteroatoms. The summed E-state index contributed by atoms with van der Waals surface area (Å²) in [6, 6.07) is 17.0. The van der Waals surface area contributed by atoms with Crippen LogP contribution in [0.3, 0.4) is 0 Å². The van der Waals surface area contributed by atoms with E-state index in [4.69, 9.17) is 4.74 Å². The second kappa shape index (κ2) is 9.68. The summed E-state index contributed by atoms with van der Waals surface area (Å²) >= 11 is 0. The zero-order chi connectivity index (χ0) is 22.5. The number of nitrogens with zero attached hydrogens (tertiary/aromatic N) is 3. The predicted octanol–water partition coefficient (Wildman–Crippen LogP) is 3.46. The van der Waals surface area contributed by atoms with Crippen molar-refractivity contribution >= 4 is 17.3 Å². The van der Waals surface area contributed by atoms with Gasteiger partial charge < -0.3 is 15.0 Å². The number of methoxy groups -OCH3 is 1. The fourth-order valence-corrected chi connectivity index (χ4v) is 4.04. The van der Waals surface area contributed by atoms with E-state index in [9.17, 15) is 9.59 Å². The number of ether oxygens (including phenoxy) is 1. The number of aromatic nitrogens is 2. The Hall–Kier alpha value is -3.61. The molecule has 2 heterocycles. The molecule has 32 heavy (non-hydrogen) atoms. The number of anilines is 2. The molecule has 1 fully saturated rings. The number of carbonyl (C=O) groups is 1. The summed E-state index contributed by atoms with van der Waals surface area (Å²) < 4.78 is 6.69. The average Bonchev–Trinajstić information content (AvgIpc) is 2.82. The van der Waals surface area contributed by atoms with Gasteiger partial charge in [0.25, 0.3) is 5.56 Å². The quantitative estimate of drug-likeness (QED) is 0.646. The van der Waals surface area contributed by atoms with Crippen molar-refractivity contribution < 1.29 is 9.53 Å². The van der Waals surface area contributed by atoms with Crippen molar-refractivity contribution in [2.45, 2.75) is 26.3 Å². The van der Waals surface area contributed by atoms with Gasteiger partial charge in [0.15, 0.2) is 0 Å². The molecule has 1 atom stereocenters. The Labute approximate surface area is 187 Å². The van der Waals surface area contributed by atoms with Crippen LogP contribution < -0.4 is 20.5 Å². The molecule has 7 nitrogen and oxygen atoms in total. The van der Waals surface area contributed by atoms with Crippen LogP contribution in [0, 0.1) is 12.8 Å². The molecule has 4 rings (SSSR count). The van der Waals surface area contributed by atoms with Crippen LogP contribution in [0.5, 0.6) is 5.75 Å². The first kappa shape index (κ1) is 21.6. The molecule has 1 aliphatic heterocycles. The van der Waals surface area contributed by atoms with Crippen LogP contribution in [0.15, 0.2) is 65.6 Å². The van der Waals surface area contributed by atoms with Crippen LogP contribution in [0.25, 0.3) is 0 Å². The van der Waals surface area contributed by atoms with Crippen molar-refractivity contribution in [3.63, 3.8) is 0 Å². The Morgan fingerprint density at radius 2 is 2.00 bits per heavy atom. The molecule has 1 N–H and O–H groups in total. The monoisotopic (exact) mass is 432 g/mol. The normalized spacial score (nSPS) is 15.9. The minimum atomic E-state index is -0.156. The number of hydrogen-bond donors (Lipinski definition) is 1. The van der Waals surface area contributed by atoms with Gasteiger partial charge in [-0.05, 0) is 49.1 Å². The van der Waals surface area contributed by atoms with Crippen LogP contribution in [0.2, 0.25) is 0 Å². The van der Waals surface area contributed by atoms with E-state index < -0.39 is 0 Å². The summed E-state index contributed by atoms with van der Waals surface area (Å²) in [6.45, 7) is 3.74. The van der Waals surface area contributed by atoms with E-state index in [0.29, 0.717) is 13.1 Å². The second-order valence-electron chi connectivity index (χ2n) is 8.15. The van der Waals surface area contributed by atoms with E-state index in [1.165, 1.54) is 4.68 Å². The lowest BCUT2D eigenvalue weighted by molar-refractivity contribution is -0.120. The van der Waals surface area contributed by atoms with Gasteiger partial charge in [0.1, 0.15) is 5.75 Å². The summed E-state index contributed by atoms with van der Waals surface area (Å²) in [5.74, 6) is 0.601. The number of carbonyl (C=O) groups excluding carboxylic acids is 1. The SMILES string of the molecule is COc1ccc(NC(=O)[C@H]2CCCN(c3cnn(Cc4ccccc4)c(=O)c3)C2)c(C)c1. The lowest BCUT2D eigenvalue weighted by Gasteiger charge is -2.33. The van der Waals surface area contributed by atoms with Gasteiger partial charge in [-0.15, -0.1) is 0 Å². The number of amides is 1. The maximum atomic E-state index is 12.9. The third-order valence-corrected chi connectivity index (χ3v) is 5.88. The number of aryl methyl sites for hydroxylation is 1. The lowest BCUT2D eigenvalue weighted by atomic mass is 9.96. The number of rotatable bonds is 6. The van der Waals surface area contributed by atoms with Crippen LogP contribution in [-0.2, 0) is 11.3 Å². The van der Waals surface area contributed by atoms with Gasteiger partial charge in [0, 0.05) is 24.8 Å². The molecule has 0 bridgehead atoms. The molecule has 0 aliphatic carbocycles. The summed E-state index contributed by atoms with van der Waals surface area (Å²) in [5, 5.41) is 7.41. The molecule has 1 saturated heterocycles. The van der Waals surface area contributed by atoms with Crippen molar-refractivity contribution in [3.05, 3.63) is 82.3 Å². The first-order valence-corrected chi connectivity index (χ1v) is 10.8. The largest absolute Gasteiger partial charge is 0.497 e. The fourth-order valence-electron chi connectivity index (χ4n) is 4.04. The van der Waals surface area contributed by atoms with E-state index in [2.05, 4.69) is 15.3 Å². The van der Waals surface area contributed by atoms with E-state index in [1.54, 1.807) is 19.4 Å². The minimum absolute atomic E-state index is 0.00616. The van der Waals surface area contributed by atoms with Gasteiger partial charge >= 0.3 is 0 Å². The van der Waals surface area contributed by atoms with E-state index in [0.717, 1.165) is 47.6 Å². The van der Waals surface area contributed by atoms with Crippen molar-refractivity contribution in [1.29, 1.82) is 0 Å². The highest BCUT2D eigenvalue weighted by Gasteiger charge is 2.27. The highest BCUT2D eigenvalue weighted by molar-refractivity contribution is 5.93. The lowest BCUT2D eigenvalue weighted by Crippen LogP contribution is -2.41. The highest BCUT2D eigenvalue weighted by Crippen LogP contribution is 2.25. The molecule has 3 aromatic rings. The molecule has 0 radical (unpaired) electrons. The Morgan fingerprint density at radius 3 is 2.72 bits per heavy atom. The standard InChI is InChI=1S/C25H28N4O3/c1-18-13-22(32-2)10-11-23(18)27-25(31)20-9-6-12-28(17-20)21-14-24(30)29(26-15-21)16-19-7-4-3-5-8-19/h3-5,7-8,10-11,13-15,20H,6,9,12,16-17H2,1-2H3,(H,27,31)/t20-/m0/s1. The van der Waals surface area contributed by atoms with Crippen molar-refractivity contribution in [2.75, 3.05) is 30.4 Å². The smallest absolute Gasteiger partial charge is 0.269 e. The maximum Gasteiger partial charge on any atom is 0.269 e. The zero-order valence-corrected chi connectivity index (χ0v) is 18.5. The Balaban J connectivity index is 1.42. The molecular weight excluding hydrogens is 404 g/mol. The fraction of sp³-hybridized carbons (Fsp3) is 0.320. The first-order valence-electron chi connectivity index (χ1n) is 10.8. The summed E-state index contributed by atoms with van der Waals surface area (Å²) in [4.78, 5) is 27.6. The van der Waals surface area contributed by atoms with E-state index in [1.807, 2.05) is 55.5 Å². The molecule has 0 spiro atoms. The van der Waals surface area contributed by atoms with Crippen LogP contribution in [0.1, 0.15) is 24.0 Å².